The second-order valence-electron chi connectivity index (χ2n) is 3.23. The summed E-state index contributed by atoms with van der Waals surface area (Å²) in [6, 6.07) is 7.00. The van der Waals surface area contributed by atoms with Gasteiger partial charge in [0.2, 0.25) is 9.84 Å². The molecule has 0 aromatic carbocycles. The molecule has 0 unspecified atom stereocenters. The molecule has 0 spiro atoms. The fourth-order valence-corrected chi connectivity index (χ4v) is 5.45. The molecule has 0 bridgehead atoms. The van der Waals surface area contributed by atoms with Gasteiger partial charge in [-0.1, -0.05) is 0 Å². The predicted octanol–water partition coefficient (Wildman–Crippen LogP) is 3.26. The van der Waals surface area contributed by atoms with Crippen molar-refractivity contribution in [3.05, 3.63) is 34.0 Å². The molecule has 0 N–H and O–H groups in total. The minimum atomic E-state index is -3.26. The summed E-state index contributed by atoms with van der Waals surface area (Å²) in [5, 5.41) is 0. The molecule has 2 aromatic heterocycles. The van der Waals surface area contributed by atoms with Crippen molar-refractivity contribution >= 4 is 32.5 Å². The normalized spacial score (nSPS) is 11.9. The van der Waals surface area contributed by atoms with E-state index in [9.17, 15) is 8.42 Å². The Bertz CT molecular complexity index is 529. The maximum atomic E-state index is 12.1. The third-order valence-corrected chi connectivity index (χ3v) is 6.70. The molecule has 0 aliphatic rings. The lowest BCUT2D eigenvalue weighted by Crippen LogP contribution is -1.95. The first-order valence-corrected chi connectivity index (χ1v) is 7.50. The molecule has 0 saturated carbocycles. The summed E-state index contributed by atoms with van der Waals surface area (Å²) in [6.45, 7) is 3.81. The number of hydrogen-bond acceptors (Lipinski definition) is 4. The minimum absolute atomic E-state index is 0.432. The summed E-state index contributed by atoms with van der Waals surface area (Å²) in [7, 11) is -3.26. The van der Waals surface area contributed by atoms with Crippen molar-refractivity contribution in [2.24, 2.45) is 0 Å². The van der Waals surface area contributed by atoms with E-state index in [1.54, 1.807) is 12.1 Å². The molecule has 0 aliphatic carbocycles. The van der Waals surface area contributed by atoms with Crippen molar-refractivity contribution in [1.29, 1.82) is 0 Å². The van der Waals surface area contributed by atoms with Crippen LogP contribution in [0.1, 0.15) is 9.75 Å². The molecule has 2 rings (SSSR count). The van der Waals surface area contributed by atoms with E-state index in [0.29, 0.717) is 8.42 Å². The third kappa shape index (κ3) is 2.00. The van der Waals surface area contributed by atoms with Crippen LogP contribution in [-0.2, 0) is 9.84 Å². The fourth-order valence-electron chi connectivity index (χ4n) is 1.21. The Hall–Kier alpha value is -0.650. The van der Waals surface area contributed by atoms with Gasteiger partial charge in [0.25, 0.3) is 0 Å². The van der Waals surface area contributed by atoms with Crippen LogP contribution in [0.2, 0.25) is 0 Å². The summed E-state index contributed by atoms with van der Waals surface area (Å²) in [5.41, 5.74) is 0. The molecule has 2 heterocycles. The lowest BCUT2D eigenvalue weighted by Gasteiger charge is -1.96. The molecule has 0 amide bonds. The van der Waals surface area contributed by atoms with Gasteiger partial charge in [-0.15, -0.1) is 22.7 Å². The molecule has 80 valence electrons. The lowest BCUT2D eigenvalue weighted by atomic mass is 10.5. The van der Waals surface area contributed by atoms with Crippen LogP contribution in [0, 0.1) is 13.8 Å². The Morgan fingerprint density at radius 2 is 1.27 bits per heavy atom. The van der Waals surface area contributed by atoms with Gasteiger partial charge in [-0.3, -0.25) is 0 Å². The molecular weight excluding hydrogens is 248 g/mol. The lowest BCUT2D eigenvalue weighted by molar-refractivity contribution is 0.600. The number of thiophene rings is 2. The Morgan fingerprint density at radius 3 is 1.53 bits per heavy atom. The van der Waals surface area contributed by atoms with Crippen LogP contribution in [0.15, 0.2) is 32.7 Å². The molecule has 0 saturated heterocycles. The van der Waals surface area contributed by atoms with Gasteiger partial charge < -0.3 is 0 Å². The average Bonchev–Trinajstić information content (AvgIpc) is 2.74. The van der Waals surface area contributed by atoms with Crippen LogP contribution in [0.25, 0.3) is 0 Å². The van der Waals surface area contributed by atoms with E-state index in [2.05, 4.69) is 0 Å². The van der Waals surface area contributed by atoms with E-state index in [4.69, 9.17) is 0 Å². The van der Waals surface area contributed by atoms with Gasteiger partial charge in [-0.25, -0.2) is 8.42 Å². The number of sulfone groups is 1. The van der Waals surface area contributed by atoms with E-state index < -0.39 is 9.84 Å². The van der Waals surface area contributed by atoms with E-state index >= 15 is 0 Å². The second kappa shape index (κ2) is 3.73. The Labute approximate surface area is 97.1 Å². The van der Waals surface area contributed by atoms with Crippen LogP contribution in [0.3, 0.4) is 0 Å². The first-order chi connectivity index (χ1) is 7.00. The highest BCUT2D eigenvalue weighted by Crippen LogP contribution is 2.31. The molecule has 2 aromatic rings. The smallest absolute Gasteiger partial charge is 0.217 e. The van der Waals surface area contributed by atoms with Gasteiger partial charge in [0.1, 0.15) is 8.42 Å². The Morgan fingerprint density at radius 1 is 0.867 bits per heavy atom. The van der Waals surface area contributed by atoms with Gasteiger partial charge >= 0.3 is 0 Å². The largest absolute Gasteiger partial charge is 0.225 e. The first kappa shape index (κ1) is 10.9. The highest BCUT2D eigenvalue weighted by Gasteiger charge is 2.20. The predicted molar refractivity (Wildman–Crippen MR) is 63.6 cm³/mol. The molecule has 5 heteroatoms. The summed E-state index contributed by atoms with van der Waals surface area (Å²) >= 11 is 2.63. The Kier molecular flexibility index (Phi) is 2.70. The van der Waals surface area contributed by atoms with Gasteiger partial charge in [0.05, 0.1) is 0 Å². The van der Waals surface area contributed by atoms with Crippen LogP contribution in [0.5, 0.6) is 0 Å². The number of hydrogen-bond donors (Lipinski definition) is 0. The van der Waals surface area contributed by atoms with Crippen molar-refractivity contribution in [3.63, 3.8) is 0 Å². The van der Waals surface area contributed by atoms with Gasteiger partial charge in [-0.05, 0) is 38.1 Å². The standard InChI is InChI=1S/C10H10O2S3/c1-7-3-5-9(13-7)15(11,12)10-6-4-8(2)14-10/h3-6H,1-2H3. The van der Waals surface area contributed by atoms with E-state index in [1.807, 2.05) is 26.0 Å². The van der Waals surface area contributed by atoms with Crippen LogP contribution < -0.4 is 0 Å². The van der Waals surface area contributed by atoms with Gasteiger partial charge in [0, 0.05) is 9.75 Å². The van der Waals surface area contributed by atoms with Crippen molar-refractivity contribution in [2.75, 3.05) is 0 Å². The minimum Gasteiger partial charge on any atom is -0.217 e. The van der Waals surface area contributed by atoms with Crippen molar-refractivity contribution in [1.82, 2.24) is 0 Å². The number of aryl methyl sites for hydroxylation is 2. The van der Waals surface area contributed by atoms with E-state index in [1.165, 1.54) is 22.7 Å². The third-order valence-electron chi connectivity index (χ3n) is 1.96. The van der Waals surface area contributed by atoms with E-state index in [0.717, 1.165) is 9.75 Å². The molecule has 2 nitrogen and oxygen atoms in total. The first-order valence-electron chi connectivity index (χ1n) is 4.38. The fraction of sp³-hybridized carbons (Fsp3) is 0.200. The maximum Gasteiger partial charge on any atom is 0.225 e. The summed E-state index contributed by atoms with van der Waals surface area (Å²) in [5.74, 6) is 0. The Balaban J connectivity index is 2.53. The van der Waals surface area contributed by atoms with Crippen molar-refractivity contribution in [2.45, 2.75) is 22.3 Å². The molecule has 0 radical (unpaired) electrons. The summed E-state index contributed by atoms with van der Waals surface area (Å²) in [4.78, 5) is 2.03. The monoisotopic (exact) mass is 258 g/mol. The zero-order valence-electron chi connectivity index (χ0n) is 8.35. The summed E-state index contributed by atoms with van der Waals surface area (Å²) < 4.78 is 25.0. The summed E-state index contributed by atoms with van der Waals surface area (Å²) in [6.07, 6.45) is 0. The highest BCUT2D eigenvalue weighted by molar-refractivity contribution is 7.95. The van der Waals surface area contributed by atoms with Crippen molar-refractivity contribution in [3.8, 4) is 0 Å². The molecule has 0 fully saturated rings. The van der Waals surface area contributed by atoms with Crippen LogP contribution in [0.4, 0.5) is 0 Å². The van der Waals surface area contributed by atoms with Crippen LogP contribution >= 0.6 is 22.7 Å². The van der Waals surface area contributed by atoms with Crippen molar-refractivity contribution < 1.29 is 8.42 Å². The second-order valence-corrected chi connectivity index (χ2v) is 8.21. The maximum absolute atomic E-state index is 12.1. The average molecular weight is 258 g/mol. The van der Waals surface area contributed by atoms with Gasteiger partial charge in [0.15, 0.2) is 0 Å². The molecule has 15 heavy (non-hydrogen) atoms. The van der Waals surface area contributed by atoms with Crippen LogP contribution in [-0.4, -0.2) is 8.42 Å². The zero-order chi connectivity index (χ0) is 11.1. The van der Waals surface area contributed by atoms with Gasteiger partial charge in [-0.2, -0.15) is 0 Å². The molecule has 0 atom stereocenters. The topological polar surface area (TPSA) is 34.1 Å². The SMILES string of the molecule is Cc1ccc(S(=O)(=O)c2ccc(C)s2)s1. The zero-order valence-corrected chi connectivity index (χ0v) is 10.8. The quantitative estimate of drug-likeness (QED) is 0.828. The molecule has 0 aliphatic heterocycles. The highest BCUT2D eigenvalue weighted by atomic mass is 32.3. The number of rotatable bonds is 2. The molecular formula is C10H10O2S3. The van der Waals surface area contributed by atoms with E-state index in [-0.39, 0.29) is 0 Å².